The molecule has 0 saturated carbocycles. The number of ether oxygens (including phenoxy) is 2. The van der Waals surface area contributed by atoms with E-state index >= 15 is 0 Å². The fraction of sp³-hybridized carbons (Fsp3) is 0.368. The van der Waals surface area contributed by atoms with Crippen molar-refractivity contribution >= 4 is 12.4 Å². The molecule has 6 heteroatoms. The number of aromatic hydroxyl groups is 1. The number of hydrogen-bond donors (Lipinski definition) is 2. The molecule has 136 valence electrons. The molecule has 0 radical (unpaired) electrons. The lowest BCUT2D eigenvalue weighted by Gasteiger charge is -2.32. The third-order valence-electron chi connectivity index (χ3n) is 4.52. The van der Waals surface area contributed by atoms with Crippen molar-refractivity contribution in [2.45, 2.75) is 12.3 Å². The zero-order valence-electron chi connectivity index (χ0n) is 14.1. The van der Waals surface area contributed by atoms with Gasteiger partial charge in [-0.3, -0.25) is 0 Å². The van der Waals surface area contributed by atoms with Crippen molar-refractivity contribution in [2.75, 3.05) is 26.8 Å². The predicted molar refractivity (Wildman–Crippen MR) is 97.5 cm³/mol. The Morgan fingerprint density at radius 2 is 1.96 bits per heavy atom. The van der Waals surface area contributed by atoms with Gasteiger partial charge in [-0.05, 0) is 48.7 Å². The summed E-state index contributed by atoms with van der Waals surface area (Å²) >= 11 is 0. The van der Waals surface area contributed by atoms with E-state index in [1.54, 1.807) is 18.2 Å². The number of piperidine rings is 1. The Bertz CT molecular complexity index is 681. The molecule has 1 aliphatic heterocycles. The van der Waals surface area contributed by atoms with Crippen LogP contribution >= 0.6 is 12.4 Å². The third kappa shape index (κ3) is 4.77. The van der Waals surface area contributed by atoms with Gasteiger partial charge in [-0.25, -0.2) is 4.39 Å². The first-order chi connectivity index (χ1) is 11.7. The van der Waals surface area contributed by atoms with Crippen LogP contribution in [0.5, 0.6) is 17.2 Å². The highest BCUT2D eigenvalue weighted by Gasteiger charge is 2.27. The van der Waals surface area contributed by atoms with Crippen LogP contribution in [0.3, 0.4) is 0 Å². The van der Waals surface area contributed by atoms with Crippen LogP contribution in [0.25, 0.3) is 0 Å². The first-order valence-corrected chi connectivity index (χ1v) is 8.13. The minimum absolute atomic E-state index is 0. The molecule has 0 unspecified atom stereocenters. The van der Waals surface area contributed by atoms with Crippen LogP contribution < -0.4 is 14.8 Å². The van der Waals surface area contributed by atoms with Gasteiger partial charge in [0.15, 0.2) is 11.5 Å². The fourth-order valence-electron chi connectivity index (χ4n) is 3.21. The zero-order chi connectivity index (χ0) is 16.9. The molecule has 1 aliphatic rings. The summed E-state index contributed by atoms with van der Waals surface area (Å²) in [6, 6.07) is 11.8. The molecule has 25 heavy (non-hydrogen) atoms. The average Bonchev–Trinajstić information content (AvgIpc) is 2.61. The monoisotopic (exact) mass is 367 g/mol. The van der Waals surface area contributed by atoms with Gasteiger partial charge in [0.2, 0.25) is 0 Å². The Labute approximate surface area is 153 Å². The molecule has 0 aromatic heterocycles. The summed E-state index contributed by atoms with van der Waals surface area (Å²) < 4.78 is 24.1. The minimum Gasteiger partial charge on any atom is -0.504 e. The maximum atomic E-state index is 13.1. The Kier molecular flexibility index (Phi) is 6.91. The van der Waals surface area contributed by atoms with Crippen molar-refractivity contribution in [3.63, 3.8) is 0 Å². The first kappa shape index (κ1) is 19.3. The van der Waals surface area contributed by atoms with Gasteiger partial charge in [0.05, 0.1) is 13.7 Å². The summed E-state index contributed by atoms with van der Waals surface area (Å²) in [5, 5.41) is 13.2. The number of nitrogens with one attached hydrogen (secondary N) is 1. The lowest BCUT2D eigenvalue weighted by atomic mass is 9.81. The molecule has 0 bridgehead atoms. The predicted octanol–water partition coefficient (Wildman–Crippen LogP) is 3.73. The Morgan fingerprint density at radius 1 is 1.20 bits per heavy atom. The summed E-state index contributed by atoms with van der Waals surface area (Å²) in [6.07, 6.45) is 0.994. The van der Waals surface area contributed by atoms with Crippen LogP contribution in [0.1, 0.15) is 17.9 Å². The number of phenolic OH excluding ortho intramolecular Hbond substituents is 1. The lowest BCUT2D eigenvalue weighted by Crippen LogP contribution is -2.38. The van der Waals surface area contributed by atoms with Crippen molar-refractivity contribution < 1.29 is 19.0 Å². The van der Waals surface area contributed by atoms with Crippen molar-refractivity contribution in [1.82, 2.24) is 5.32 Å². The van der Waals surface area contributed by atoms with Crippen LogP contribution in [0, 0.1) is 11.7 Å². The molecule has 3 rings (SSSR count). The maximum Gasteiger partial charge on any atom is 0.161 e. The van der Waals surface area contributed by atoms with E-state index in [1.165, 1.54) is 19.2 Å². The molecule has 1 fully saturated rings. The van der Waals surface area contributed by atoms with E-state index in [0.717, 1.165) is 25.1 Å². The highest BCUT2D eigenvalue weighted by molar-refractivity contribution is 5.85. The molecule has 1 saturated heterocycles. The second kappa shape index (κ2) is 8.92. The summed E-state index contributed by atoms with van der Waals surface area (Å²) in [6.45, 7) is 2.33. The van der Waals surface area contributed by atoms with E-state index < -0.39 is 0 Å². The van der Waals surface area contributed by atoms with Gasteiger partial charge < -0.3 is 19.9 Å². The van der Waals surface area contributed by atoms with Crippen LogP contribution in [-0.2, 0) is 0 Å². The topological polar surface area (TPSA) is 50.7 Å². The number of phenols is 1. The SMILES string of the molecule is COc1ccc(OC[C@@H]2CNCC[C@H]2c2ccc(F)cc2)cc1O.Cl. The summed E-state index contributed by atoms with van der Waals surface area (Å²) in [7, 11) is 1.51. The first-order valence-electron chi connectivity index (χ1n) is 8.13. The van der Waals surface area contributed by atoms with Gasteiger partial charge >= 0.3 is 0 Å². The quantitative estimate of drug-likeness (QED) is 0.845. The average molecular weight is 368 g/mol. The van der Waals surface area contributed by atoms with Gasteiger partial charge in [0.1, 0.15) is 11.6 Å². The standard InChI is InChI=1S/C19H22FNO3.ClH/c1-23-19-7-6-16(10-18(19)22)24-12-14-11-21-9-8-17(14)13-2-4-15(20)5-3-13;/h2-7,10,14,17,21-22H,8-9,11-12H2,1H3;1H/t14-,17-;/m0./s1. The number of hydrogen-bond acceptors (Lipinski definition) is 4. The molecule has 2 aromatic carbocycles. The van der Waals surface area contributed by atoms with Crippen LogP contribution in [0.15, 0.2) is 42.5 Å². The van der Waals surface area contributed by atoms with Crippen molar-refractivity contribution in [3.05, 3.63) is 53.8 Å². The number of methoxy groups -OCH3 is 1. The lowest BCUT2D eigenvalue weighted by molar-refractivity contribution is 0.196. The number of halogens is 2. The Balaban J connectivity index is 0.00000225. The van der Waals surface area contributed by atoms with E-state index in [2.05, 4.69) is 5.32 Å². The summed E-state index contributed by atoms with van der Waals surface area (Å²) in [5.41, 5.74) is 1.14. The van der Waals surface area contributed by atoms with E-state index in [1.807, 2.05) is 12.1 Å². The highest BCUT2D eigenvalue weighted by Crippen LogP contribution is 2.33. The summed E-state index contributed by atoms with van der Waals surface area (Å²) in [5.74, 6) is 1.50. The molecule has 0 spiro atoms. The molecule has 1 heterocycles. The van der Waals surface area contributed by atoms with Crippen LogP contribution in [-0.4, -0.2) is 31.9 Å². The van der Waals surface area contributed by atoms with Gasteiger partial charge in [-0.1, -0.05) is 12.1 Å². The third-order valence-corrected chi connectivity index (χ3v) is 4.52. The normalized spacial score (nSPS) is 19.8. The van der Waals surface area contributed by atoms with Crippen molar-refractivity contribution in [2.24, 2.45) is 5.92 Å². The largest absolute Gasteiger partial charge is 0.504 e. The van der Waals surface area contributed by atoms with Gasteiger partial charge in [0.25, 0.3) is 0 Å². The van der Waals surface area contributed by atoms with Gasteiger partial charge in [-0.2, -0.15) is 0 Å². The molecular weight excluding hydrogens is 345 g/mol. The Hall–Kier alpha value is -1.98. The number of rotatable bonds is 5. The van der Waals surface area contributed by atoms with E-state index in [-0.39, 0.29) is 29.9 Å². The van der Waals surface area contributed by atoms with Gasteiger partial charge in [-0.15, -0.1) is 12.4 Å². The highest BCUT2D eigenvalue weighted by atomic mass is 35.5. The van der Waals surface area contributed by atoms with Crippen molar-refractivity contribution in [1.29, 1.82) is 0 Å². The van der Waals surface area contributed by atoms with E-state index in [0.29, 0.717) is 24.0 Å². The maximum absolute atomic E-state index is 13.1. The molecule has 2 aromatic rings. The molecule has 4 nitrogen and oxygen atoms in total. The van der Waals surface area contributed by atoms with Crippen LogP contribution in [0.4, 0.5) is 4.39 Å². The van der Waals surface area contributed by atoms with Crippen molar-refractivity contribution in [3.8, 4) is 17.2 Å². The van der Waals surface area contributed by atoms with Crippen LogP contribution in [0.2, 0.25) is 0 Å². The zero-order valence-corrected chi connectivity index (χ0v) is 14.9. The molecule has 0 amide bonds. The number of benzene rings is 2. The molecule has 2 atom stereocenters. The fourth-order valence-corrected chi connectivity index (χ4v) is 3.21. The Morgan fingerprint density at radius 3 is 2.64 bits per heavy atom. The molecule has 0 aliphatic carbocycles. The molecule has 2 N–H and O–H groups in total. The van der Waals surface area contributed by atoms with E-state index in [9.17, 15) is 9.50 Å². The second-order valence-corrected chi connectivity index (χ2v) is 6.06. The smallest absolute Gasteiger partial charge is 0.161 e. The summed E-state index contributed by atoms with van der Waals surface area (Å²) in [4.78, 5) is 0. The van der Waals surface area contributed by atoms with Gasteiger partial charge in [0, 0.05) is 18.5 Å². The minimum atomic E-state index is -0.214. The second-order valence-electron chi connectivity index (χ2n) is 6.06. The molecular formula is C19H23ClFNO3. The van der Waals surface area contributed by atoms with E-state index in [4.69, 9.17) is 9.47 Å².